The lowest BCUT2D eigenvalue weighted by molar-refractivity contribution is -0.137. The summed E-state index contributed by atoms with van der Waals surface area (Å²) in [6, 6.07) is 0. The van der Waals surface area contributed by atoms with Crippen LogP contribution in [0.25, 0.3) is 0 Å². The SMILES string of the molecule is O=C(O)CCOc1cnc(C2CCCCC2)nc1. The first-order chi connectivity index (χ1) is 8.75. The summed E-state index contributed by atoms with van der Waals surface area (Å²) in [5.41, 5.74) is 0. The van der Waals surface area contributed by atoms with Crippen LogP contribution in [0.3, 0.4) is 0 Å². The summed E-state index contributed by atoms with van der Waals surface area (Å²) in [7, 11) is 0. The monoisotopic (exact) mass is 250 g/mol. The molecule has 0 unspecified atom stereocenters. The van der Waals surface area contributed by atoms with Gasteiger partial charge in [-0.05, 0) is 12.8 Å². The van der Waals surface area contributed by atoms with Crippen molar-refractivity contribution >= 4 is 5.97 Å². The van der Waals surface area contributed by atoms with E-state index in [1.807, 2.05) is 0 Å². The van der Waals surface area contributed by atoms with Crippen LogP contribution >= 0.6 is 0 Å². The second-order valence-corrected chi connectivity index (χ2v) is 4.60. The van der Waals surface area contributed by atoms with Gasteiger partial charge in [0.25, 0.3) is 0 Å². The lowest BCUT2D eigenvalue weighted by atomic mass is 9.89. The topological polar surface area (TPSA) is 72.3 Å². The number of aliphatic carboxylic acids is 1. The second kappa shape index (κ2) is 6.33. The van der Waals surface area contributed by atoms with E-state index in [0.29, 0.717) is 11.7 Å². The third-order valence-electron chi connectivity index (χ3n) is 3.20. The Hall–Kier alpha value is -1.65. The van der Waals surface area contributed by atoms with Gasteiger partial charge >= 0.3 is 5.97 Å². The van der Waals surface area contributed by atoms with Crippen LogP contribution in [0.15, 0.2) is 12.4 Å². The summed E-state index contributed by atoms with van der Waals surface area (Å²) >= 11 is 0. The number of rotatable bonds is 5. The zero-order chi connectivity index (χ0) is 12.8. The molecule has 2 rings (SSSR count). The third-order valence-corrected chi connectivity index (χ3v) is 3.20. The fourth-order valence-corrected chi connectivity index (χ4v) is 2.23. The van der Waals surface area contributed by atoms with E-state index in [1.54, 1.807) is 12.4 Å². The number of carboxylic acids is 1. The molecule has 5 nitrogen and oxygen atoms in total. The van der Waals surface area contributed by atoms with Crippen LogP contribution in [0.5, 0.6) is 5.75 Å². The van der Waals surface area contributed by atoms with Crippen molar-refractivity contribution in [3.63, 3.8) is 0 Å². The second-order valence-electron chi connectivity index (χ2n) is 4.60. The van der Waals surface area contributed by atoms with Crippen molar-refractivity contribution in [2.45, 2.75) is 44.4 Å². The van der Waals surface area contributed by atoms with E-state index >= 15 is 0 Å². The van der Waals surface area contributed by atoms with Gasteiger partial charge in [0, 0.05) is 5.92 Å². The van der Waals surface area contributed by atoms with E-state index in [0.717, 1.165) is 5.82 Å². The molecule has 1 aromatic heterocycles. The lowest BCUT2D eigenvalue weighted by Crippen LogP contribution is -2.09. The van der Waals surface area contributed by atoms with Gasteiger partial charge in [-0.15, -0.1) is 0 Å². The summed E-state index contributed by atoms with van der Waals surface area (Å²) in [4.78, 5) is 19.0. The molecule has 1 aliphatic rings. The minimum atomic E-state index is -0.866. The highest BCUT2D eigenvalue weighted by molar-refractivity contribution is 5.66. The molecule has 18 heavy (non-hydrogen) atoms. The van der Waals surface area contributed by atoms with Gasteiger partial charge in [0.2, 0.25) is 0 Å². The van der Waals surface area contributed by atoms with Crippen LogP contribution in [-0.4, -0.2) is 27.7 Å². The molecule has 0 aliphatic heterocycles. The smallest absolute Gasteiger partial charge is 0.306 e. The quantitative estimate of drug-likeness (QED) is 0.868. The largest absolute Gasteiger partial charge is 0.490 e. The van der Waals surface area contributed by atoms with Crippen molar-refractivity contribution in [2.75, 3.05) is 6.61 Å². The van der Waals surface area contributed by atoms with E-state index < -0.39 is 5.97 Å². The predicted octanol–water partition coefficient (Wildman–Crippen LogP) is 2.38. The summed E-state index contributed by atoms with van der Waals surface area (Å²) in [5, 5.41) is 8.49. The van der Waals surface area contributed by atoms with Crippen molar-refractivity contribution in [3.05, 3.63) is 18.2 Å². The maximum Gasteiger partial charge on any atom is 0.306 e. The van der Waals surface area contributed by atoms with Gasteiger partial charge in [0.15, 0.2) is 5.75 Å². The van der Waals surface area contributed by atoms with E-state index in [9.17, 15) is 4.79 Å². The van der Waals surface area contributed by atoms with Crippen LogP contribution < -0.4 is 4.74 Å². The summed E-state index contributed by atoms with van der Waals surface area (Å²) in [5.74, 6) is 1.04. The van der Waals surface area contributed by atoms with E-state index in [2.05, 4.69) is 9.97 Å². The minimum absolute atomic E-state index is 0.00955. The Bertz CT molecular complexity index is 386. The molecule has 5 heteroatoms. The van der Waals surface area contributed by atoms with Gasteiger partial charge in [-0.25, -0.2) is 9.97 Å². The first kappa shape index (κ1) is 12.8. The third kappa shape index (κ3) is 3.68. The zero-order valence-electron chi connectivity index (χ0n) is 10.3. The van der Waals surface area contributed by atoms with Crippen molar-refractivity contribution in [3.8, 4) is 5.75 Å². The minimum Gasteiger partial charge on any atom is -0.490 e. The first-order valence-corrected chi connectivity index (χ1v) is 6.42. The van der Waals surface area contributed by atoms with Gasteiger partial charge in [-0.1, -0.05) is 19.3 Å². The molecule has 0 atom stereocenters. The van der Waals surface area contributed by atoms with E-state index in [-0.39, 0.29) is 13.0 Å². The fraction of sp³-hybridized carbons (Fsp3) is 0.615. The number of hydrogen-bond acceptors (Lipinski definition) is 4. The summed E-state index contributed by atoms with van der Waals surface area (Å²) in [6.07, 6.45) is 9.42. The Morgan fingerprint density at radius 2 is 1.94 bits per heavy atom. The van der Waals surface area contributed by atoms with Gasteiger partial charge in [-0.3, -0.25) is 4.79 Å². The van der Waals surface area contributed by atoms with Crippen molar-refractivity contribution in [1.29, 1.82) is 0 Å². The van der Waals surface area contributed by atoms with Crippen LogP contribution in [0.4, 0.5) is 0 Å². The Balaban J connectivity index is 1.86. The average Bonchev–Trinajstić information content (AvgIpc) is 2.40. The molecule has 98 valence electrons. The molecule has 1 aliphatic carbocycles. The van der Waals surface area contributed by atoms with Gasteiger partial charge in [-0.2, -0.15) is 0 Å². The highest BCUT2D eigenvalue weighted by Crippen LogP contribution is 2.30. The van der Waals surface area contributed by atoms with Gasteiger partial charge < -0.3 is 9.84 Å². The number of aromatic nitrogens is 2. The standard InChI is InChI=1S/C13H18N2O3/c16-12(17)6-7-18-11-8-14-13(15-9-11)10-4-2-1-3-5-10/h8-10H,1-7H2,(H,16,17). The molecule has 0 amide bonds. The number of ether oxygens (including phenoxy) is 1. The Labute approximate surface area is 106 Å². The number of nitrogens with zero attached hydrogens (tertiary/aromatic N) is 2. The van der Waals surface area contributed by atoms with Gasteiger partial charge in [0.1, 0.15) is 5.82 Å². The van der Waals surface area contributed by atoms with Crippen molar-refractivity contribution in [2.24, 2.45) is 0 Å². The number of carbonyl (C=O) groups is 1. The maximum absolute atomic E-state index is 10.3. The van der Waals surface area contributed by atoms with Crippen LogP contribution in [0.1, 0.15) is 50.3 Å². The molecular weight excluding hydrogens is 232 g/mol. The predicted molar refractivity (Wildman–Crippen MR) is 65.6 cm³/mol. The number of hydrogen-bond donors (Lipinski definition) is 1. The maximum atomic E-state index is 10.3. The van der Waals surface area contributed by atoms with Crippen LogP contribution in [0, 0.1) is 0 Å². The normalized spacial score (nSPS) is 16.4. The Kier molecular flexibility index (Phi) is 4.50. The molecule has 0 saturated heterocycles. The highest BCUT2D eigenvalue weighted by atomic mass is 16.5. The fourth-order valence-electron chi connectivity index (χ4n) is 2.23. The molecule has 1 heterocycles. The Morgan fingerprint density at radius 3 is 2.56 bits per heavy atom. The molecule has 1 aromatic rings. The lowest BCUT2D eigenvalue weighted by Gasteiger charge is -2.19. The van der Waals surface area contributed by atoms with E-state index in [1.165, 1.54) is 32.1 Å². The average molecular weight is 250 g/mol. The Morgan fingerprint density at radius 1 is 1.28 bits per heavy atom. The van der Waals surface area contributed by atoms with Crippen LogP contribution in [0.2, 0.25) is 0 Å². The molecule has 0 radical (unpaired) electrons. The summed E-state index contributed by atoms with van der Waals surface area (Å²) in [6.45, 7) is 0.154. The molecular formula is C13H18N2O3. The van der Waals surface area contributed by atoms with Crippen LogP contribution in [-0.2, 0) is 4.79 Å². The van der Waals surface area contributed by atoms with Crippen molar-refractivity contribution in [1.82, 2.24) is 9.97 Å². The molecule has 0 spiro atoms. The summed E-state index contributed by atoms with van der Waals surface area (Å²) < 4.78 is 5.25. The molecule has 1 N–H and O–H groups in total. The van der Waals surface area contributed by atoms with E-state index in [4.69, 9.17) is 9.84 Å². The molecule has 0 aromatic carbocycles. The highest BCUT2D eigenvalue weighted by Gasteiger charge is 2.17. The first-order valence-electron chi connectivity index (χ1n) is 6.42. The van der Waals surface area contributed by atoms with Gasteiger partial charge in [0.05, 0.1) is 25.4 Å². The van der Waals surface area contributed by atoms with Crippen molar-refractivity contribution < 1.29 is 14.6 Å². The molecule has 0 bridgehead atoms. The molecule has 1 fully saturated rings. The number of carboxylic acid groups (broad SMARTS) is 1. The zero-order valence-corrected chi connectivity index (χ0v) is 10.3. The molecule has 1 saturated carbocycles.